The van der Waals surface area contributed by atoms with E-state index in [1.807, 2.05) is 29.6 Å². The van der Waals surface area contributed by atoms with E-state index < -0.39 is 12.0 Å². The van der Waals surface area contributed by atoms with Gasteiger partial charge in [-0.1, -0.05) is 34.1 Å². The SMILES string of the molecule is CC(NC(=O)c1cccs1)C(=O)OCc1ccc(Br)cc1. The summed E-state index contributed by atoms with van der Waals surface area (Å²) in [6.07, 6.45) is 0. The quantitative estimate of drug-likeness (QED) is 0.824. The number of thiophene rings is 1. The van der Waals surface area contributed by atoms with E-state index in [0.29, 0.717) is 4.88 Å². The number of hydrogen-bond donors (Lipinski definition) is 1. The Balaban J connectivity index is 1.82. The van der Waals surface area contributed by atoms with E-state index in [0.717, 1.165) is 10.0 Å². The molecule has 1 heterocycles. The number of halogens is 1. The Kier molecular flexibility index (Phi) is 5.52. The average Bonchev–Trinajstić information content (AvgIpc) is 3.00. The van der Waals surface area contributed by atoms with Gasteiger partial charge in [0, 0.05) is 4.47 Å². The molecule has 0 bridgehead atoms. The molecule has 0 saturated carbocycles. The third-order valence-corrected chi connectivity index (χ3v) is 4.14. The molecule has 0 aliphatic heterocycles. The van der Waals surface area contributed by atoms with Gasteiger partial charge in [0.2, 0.25) is 0 Å². The number of benzene rings is 1. The van der Waals surface area contributed by atoms with Crippen molar-refractivity contribution in [2.75, 3.05) is 0 Å². The number of ether oxygens (including phenoxy) is 1. The molecular weight excluding hydrogens is 354 g/mol. The molecule has 4 nitrogen and oxygen atoms in total. The van der Waals surface area contributed by atoms with E-state index in [1.165, 1.54) is 11.3 Å². The van der Waals surface area contributed by atoms with Crippen molar-refractivity contribution in [3.63, 3.8) is 0 Å². The predicted octanol–water partition coefficient (Wildman–Crippen LogP) is 3.37. The fourth-order valence-corrected chi connectivity index (χ4v) is 2.49. The predicted molar refractivity (Wildman–Crippen MR) is 85.2 cm³/mol. The van der Waals surface area contributed by atoms with E-state index in [1.54, 1.807) is 19.1 Å². The van der Waals surface area contributed by atoms with Crippen molar-refractivity contribution in [2.45, 2.75) is 19.6 Å². The molecule has 0 aliphatic carbocycles. The minimum Gasteiger partial charge on any atom is -0.459 e. The highest BCUT2D eigenvalue weighted by molar-refractivity contribution is 9.10. The summed E-state index contributed by atoms with van der Waals surface area (Å²) < 4.78 is 6.15. The number of amides is 1. The summed E-state index contributed by atoms with van der Waals surface area (Å²) in [5, 5.41) is 4.43. The van der Waals surface area contributed by atoms with Gasteiger partial charge in [-0.15, -0.1) is 11.3 Å². The highest BCUT2D eigenvalue weighted by atomic mass is 79.9. The summed E-state index contributed by atoms with van der Waals surface area (Å²) in [6.45, 7) is 1.79. The van der Waals surface area contributed by atoms with Crippen LogP contribution in [-0.4, -0.2) is 17.9 Å². The van der Waals surface area contributed by atoms with Crippen molar-refractivity contribution in [1.29, 1.82) is 0 Å². The molecule has 2 rings (SSSR count). The van der Waals surface area contributed by atoms with Gasteiger partial charge in [0.1, 0.15) is 12.6 Å². The molecule has 1 atom stereocenters. The van der Waals surface area contributed by atoms with E-state index >= 15 is 0 Å². The van der Waals surface area contributed by atoms with Crippen LogP contribution < -0.4 is 5.32 Å². The Bertz CT molecular complexity index is 610. The van der Waals surface area contributed by atoms with Gasteiger partial charge in [-0.25, -0.2) is 4.79 Å². The molecule has 2 aromatic rings. The number of nitrogens with one attached hydrogen (secondary N) is 1. The molecule has 0 aliphatic rings. The lowest BCUT2D eigenvalue weighted by atomic mass is 10.2. The van der Waals surface area contributed by atoms with Gasteiger partial charge in [0.05, 0.1) is 4.88 Å². The summed E-state index contributed by atoms with van der Waals surface area (Å²) in [5.74, 6) is -0.721. The third-order valence-electron chi connectivity index (χ3n) is 2.74. The molecule has 21 heavy (non-hydrogen) atoms. The van der Waals surface area contributed by atoms with Crippen LogP contribution in [0.3, 0.4) is 0 Å². The lowest BCUT2D eigenvalue weighted by molar-refractivity contribution is -0.146. The smallest absolute Gasteiger partial charge is 0.328 e. The Hall–Kier alpha value is -1.66. The molecule has 0 spiro atoms. The maximum atomic E-state index is 11.8. The van der Waals surface area contributed by atoms with Crippen LogP contribution in [0.4, 0.5) is 0 Å². The molecule has 1 N–H and O–H groups in total. The first-order valence-corrected chi connectivity index (χ1v) is 7.99. The lowest BCUT2D eigenvalue weighted by Crippen LogP contribution is -2.39. The van der Waals surface area contributed by atoms with Crippen LogP contribution in [0, 0.1) is 0 Å². The number of carbonyl (C=O) groups is 2. The topological polar surface area (TPSA) is 55.4 Å². The molecular formula is C15H14BrNO3S. The highest BCUT2D eigenvalue weighted by Crippen LogP contribution is 2.12. The normalized spacial score (nSPS) is 11.7. The molecule has 1 aromatic heterocycles. The first-order valence-electron chi connectivity index (χ1n) is 6.31. The zero-order chi connectivity index (χ0) is 15.2. The van der Waals surface area contributed by atoms with E-state index in [9.17, 15) is 9.59 Å². The largest absolute Gasteiger partial charge is 0.459 e. The molecule has 6 heteroatoms. The van der Waals surface area contributed by atoms with Gasteiger partial charge >= 0.3 is 5.97 Å². The van der Waals surface area contributed by atoms with Crippen LogP contribution in [0.25, 0.3) is 0 Å². The van der Waals surface area contributed by atoms with Gasteiger partial charge in [-0.05, 0) is 36.1 Å². The van der Waals surface area contributed by atoms with Gasteiger partial charge in [-0.2, -0.15) is 0 Å². The molecule has 1 aromatic carbocycles. The van der Waals surface area contributed by atoms with Crippen LogP contribution in [0.2, 0.25) is 0 Å². The number of hydrogen-bond acceptors (Lipinski definition) is 4. The number of esters is 1. The van der Waals surface area contributed by atoms with Crippen LogP contribution in [0.15, 0.2) is 46.3 Å². The maximum Gasteiger partial charge on any atom is 0.328 e. The standard InChI is InChI=1S/C15H14BrNO3S/c1-10(17-14(18)13-3-2-8-21-13)15(19)20-9-11-4-6-12(16)7-5-11/h2-8,10H,9H2,1H3,(H,17,18). The van der Waals surface area contributed by atoms with Crippen LogP contribution >= 0.6 is 27.3 Å². The second-order valence-corrected chi connectivity index (χ2v) is 6.27. The summed E-state index contributed by atoms with van der Waals surface area (Å²) >= 11 is 4.67. The summed E-state index contributed by atoms with van der Waals surface area (Å²) in [5.41, 5.74) is 0.892. The van der Waals surface area contributed by atoms with Crippen molar-refractivity contribution in [1.82, 2.24) is 5.32 Å². The van der Waals surface area contributed by atoms with E-state index in [-0.39, 0.29) is 12.5 Å². The molecule has 1 unspecified atom stereocenters. The Morgan fingerprint density at radius 1 is 1.29 bits per heavy atom. The van der Waals surface area contributed by atoms with Crippen molar-refractivity contribution in [2.24, 2.45) is 0 Å². The number of rotatable bonds is 5. The molecule has 1 amide bonds. The second kappa shape index (κ2) is 7.38. The average molecular weight is 368 g/mol. The van der Waals surface area contributed by atoms with Crippen LogP contribution in [0.1, 0.15) is 22.2 Å². The fraction of sp³-hybridized carbons (Fsp3) is 0.200. The van der Waals surface area contributed by atoms with E-state index in [2.05, 4.69) is 21.2 Å². The van der Waals surface area contributed by atoms with Gasteiger partial charge in [0.15, 0.2) is 0 Å². The van der Waals surface area contributed by atoms with E-state index in [4.69, 9.17) is 4.74 Å². The Morgan fingerprint density at radius 2 is 2.00 bits per heavy atom. The molecule has 0 saturated heterocycles. The van der Waals surface area contributed by atoms with Crippen molar-refractivity contribution in [3.05, 3.63) is 56.7 Å². The minimum atomic E-state index is -0.685. The van der Waals surface area contributed by atoms with Crippen molar-refractivity contribution < 1.29 is 14.3 Å². The summed E-state index contributed by atoms with van der Waals surface area (Å²) in [6, 6.07) is 10.3. The summed E-state index contributed by atoms with van der Waals surface area (Å²) in [4.78, 5) is 24.2. The third kappa shape index (κ3) is 4.68. The Labute approximate surface area is 135 Å². The van der Waals surface area contributed by atoms with Gasteiger partial charge < -0.3 is 10.1 Å². The minimum absolute atomic E-state index is 0.186. The number of carbonyl (C=O) groups excluding carboxylic acids is 2. The van der Waals surface area contributed by atoms with Crippen LogP contribution in [-0.2, 0) is 16.1 Å². The zero-order valence-corrected chi connectivity index (χ0v) is 13.7. The first-order chi connectivity index (χ1) is 10.1. The second-order valence-electron chi connectivity index (χ2n) is 4.41. The lowest BCUT2D eigenvalue weighted by Gasteiger charge is -2.13. The molecule has 110 valence electrons. The molecule has 0 fully saturated rings. The zero-order valence-electron chi connectivity index (χ0n) is 11.3. The summed E-state index contributed by atoms with van der Waals surface area (Å²) in [7, 11) is 0. The van der Waals surface area contributed by atoms with Crippen molar-refractivity contribution >= 4 is 39.1 Å². The van der Waals surface area contributed by atoms with Crippen molar-refractivity contribution in [3.8, 4) is 0 Å². The molecule has 0 radical (unpaired) electrons. The highest BCUT2D eigenvalue weighted by Gasteiger charge is 2.18. The van der Waals surface area contributed by atoms with Crippen LogP contribution in [0.5, 0.6) is 0 Å². The fourth-order valence-electron chi connectivity index (χ4n) is 1.59. The first kappa shape index (κ1) is 15.7. The monoisotopic (exact) mass is 367 g/mol. The van der Waals surface area contributed by atoms with Gasteiger partial charge in [-0.3, -0.25) is 4.79 Å². The van der Waals surface area contributed by atoms with Gasteiger partial charge in [0.25, 0.3) is 5.91 Å². The maximum absolute atomic E-state index is 11.8. The Morgan fingerprint density at radius 3 is 2.62 bits per heavy atom.